The third kappa shape index (κ3) is 13.5. The molecule has 0 aromatic carbocycles. The van der Waals surface area contributed by atoms with E-state index >= 15 is 0 Å². The molecule has 24 nitrogen and oxygen atoms in total. The molecular formula is C34H48O24. The van der Waals surface area contributed by atoms with Gasteiger partial charge in [-0.15, -0.1) is 0 Å². The van der Waals surface area contributed by atoms with Crippen LogP contribution in [0.5, 0.6) is 0 Å². The summed E-state index contributed by atoms with van der Waals surface area (Å²) in [7, 11) is 0. The fourth-order valence-electron chi connectivity index (χ4n) is 6.18. The van der Waals surface area contributed by atoms with E-state index in [1.54, 1.807) is 0 Å². The first-order valence-electron chi connectivity index (χ1n) is 17.7. The molecule has 0 spiro atoms. The van der Waals surface area contributed by atoms with Gasteiger partial charge in [0.25, 0.3) is 0 Å². The summed E-state index contributed by atoms with van der Waals surface area (Å²) in [5, 5.41) is 33.2. The van der Waals surface area contributed by atoms with Crippen LogP contribution in [0.25, 0.3) is 0 Å². The normalized spacial score (nSPS) is 34.6. The number of rotatable bonds is 15. The van der Waals surface area contributed by atoms with Crippen LogP contribution in [0.2, 0.25) is 0 Å². The molecule has 15 atom stereocenters. The molecule has 0 radical (unpaired) electrons. The topological polar surface area (TPSA) is 317 Å². The molecule has 3 fully saturated rings. The predicted octanol–water partition coefficient (Wildman–Crippen LogP) is -3.01. The molecule has 328 valence electrons. The van der Waals surface area contributed by atoms with Crippen LogP contribution in [0.15, 0.2) is 0 Å². The Hall–Kier alpha value is -4.56. The maximum atomic E-state index is 12.3. The molecule has 3 rings (SSSR count). The lowest BCUT2D eigenvalue weighted by molar-refractivity contribution is -0.362. The molecule has 0 unspecified atom stereocenters. The Balaban J connectivity index is 1.97. The summed E-state index contributed by atoms with van der Waals surface area (Å²) in [6, 6.07) is 0. The van der Waals surface area contributed by atoms with E-state index in [1.807, 2.05) is 0 Å². The molecule has 3 saturated heterocycles. The molecule has 3 N–H and O–H groups in total. The molecular weight excluding hydrogens is 792 g/mol. The third-order valence-electron chi connectivity index (χ3n) is 8.27. The summed E-state index contributed by atoms with van der Waals surface area (Å²) in [4.78, 5) is 96.4. The quantitative estimate of drug-likeness (QED) is 0.109. The number of ether oxygens (including phenoxy) is 13. The summed E-state index contributed by atoms with van der Waals surface area (Å²) >= 11 is 0. The second-order valence-electron chi connectivity index (χ2n) is 13.1. The Morgan fingerprint density at radius 2 is 0.759 bits per heavy atom. The first kappa shape index (κ1) is 47.8. The SMILES string of the molecule is CC(=O)OC[C@H]1O[C@@H](OC[C@H]2O[C@H](O)[C@@H](O)[C@@H](O[C@@H]3O[C@H](COC(C)=O)[C@H](OC(C)=O)[C@H](OC(C)=O)[C@H]3OC(C)=O)[C@@H]2O)[C@H](OC(C)=O)[C@@H](OC(C)=O)[C@H]1OC(C)=O. The van der Waals surface area contributed by atoms with E-state index in [1.165, 1.54) is 0 Å². The highest BCUT2D eigenvalue weighted by molar-refractivity contribution is 5.70. The molecule has 0 saturated carbocycles. The zero-order chi connectivity index (χ0) is 43.6. The van der Waals surface area contributed by atoms with E-state index in [2.05, 4.69) is 0 Å². The average Bonchev–Trinajstić information content (AvgIpc) is 3.09. The molecule has 3 heterocycles. The molecule has 0 aliphatic carbocycles. The Bertz CT molecular complexity index is 1500. The highest BCUT2D eigenvalue weighted by Gasteiger charge is 2.57. The van der Waals surface area contributed by atoms with Gasteiger partial charge in [0.15, 0.2) is 55.5 Å². The van der Waals surface area contributed by atoms with Crippen molar-refractivity contribution in [2.45, 2.75) is 148 Å². The zero-order valence-electron chi connectivity index (χ0n) is 32.7. The lowest BCUT2D eigenvalue weighted by Gasteiger charge is -2.47. The maximum Gasteiger partial charge on any atom is 0.303 e. The van der Waals surface area contributed by atoms with Gasteiger partial charge in [0, 0.05) is 55.4 Å². The van der Waals surface area contributed by atoms with Crippen molar-refractivity contribution in [3.63, 3.8) is 0 Å². The minimum atomic E-state index is -2.14. The Kier molecular flexibility index (Phi) is 17.7. The Morgan fingerprint density at radius 3 is 1.16 bits per heavy atom. The number of carbonyl (C=O) groups is 8. The van der Waals surface area contributed by atoms with Crippen molar-refractivity contribution in [3.05, 3.63) is 0 Å². The Labute approximate surface area is 330 Å². The molecule has 0 bridgehead atoms. The smallest absolute Gasteiger partial charge is 0.303 e. The van der Waals surface area contributed by atoms with Crippen molar-refractivity contribution in [2.75, 3.05) is 19.8 Å². The van der Waals surface area contributed by atoms with Crippen LogP contribution in [0.3, 0.4) is 0 Å². The fraction of sp³-hybridized carbons (Fsp3) is 0.765. The fourth-order valence-corrected chi connectivity index (χ4v) is 6.18. The van der Waals surface area contributed by atoms with Gasteiger partial charge in [-0.05, 0) is 0 Å². The van der Waals surface area contributed by atoms with Gasteiger partial charge in [-0.1, -0.05) is 0 Å². The summed E-state index contributed by atoms with van der Waals surface area (Å²) in [5.74, 6) is -7.15. The summed E-state index contributed by atoms with van der Waals surface area (Å²) < 4.78 is 71.0. The van der Waals surface area contributed by atoms with Crippen LogP contribution in [-0.4, -0.2) is 175 Å². The van der Waals surface area contributed by atoms with E-state index in [0.29, 0.717) is 0 Å². The van der Waals surface area contributed by atoms with E-state index in [4.69, 9.17) is 61.6 Å². The number of aliphatic hydroxyl groups is 3. The third-order valence-corrected chi connectivity index (χ3v) is 8.27. The monoisotopic (exact) mass is 840 g/mol. The van der Waals surface area contributed by atoms with Crippen molar-refractivity contribution >= 4 is 47.8 Å². The van der Waals surface area contributed by atoms with Gasteiger partial charge in [-0.25, -0.2) is 0 Å². The van der Waals surface area contributed by atoms with Crippen molar-refractivity contribution in [3.8, 4) is 0 Å². The average molecular weight is 841 g/mol. The van der Waals surface area contributed by atoms with E-state index in [9.17, 15) is 53.7 Å². The summed E-state index contributed by atoms with van der Waals surface area (Å²) in [6.07, 6.45) is -26.2. The predicted molar refractivity (Wildman–Crippen MR) is 178 cm³/mol. The van der Waals surface area contributed by atoms with Crippen LogP contribution in [-0.2, 0) is 99.9 Å². The second-order valence-corrected chi connectivity index (χ2v) is 13.1. The van der Waals surface area contributed by atoms with Crippen molar-refractivity contribution in [2.24, 2.45) is 0 Å². The van der Waals surface area contributed by atoms with Crippen molar-refractivity contribution in [1.82, 2.24) is 0 Å². The summed E-state index contributed by atoms with van der Waals surface area (Å²) in [6.45, 7) is 6.11. The van der Waals surface area contributed by atoms with Gasteiger partial charge in [0.05, 0.1) is 6.61 Å². The number of esters is 8. The molecule has 3 aliphatic rings. The van der Waals surface area contributed by atoms with Gasteiger partial charge in [0.1, 0.15) is 49.8 Å². The van der Waals surface area contributed by atoms with Crippen LogP contribution in [0, 0.1) is 0 Å². The van der Waals surface area contributed by atoms with Crippen LogP contribution < -0.4 is 0 Å². The molecule has 0 aromatic heterocycles. The molecule has 24 heteroatoms. The molecule has 0 amide bonds. The molecule has 3 aliphatic heterocycles. The van der Waals surface area contributed by atoms with Gasteiger partial charge in [-0.3, -0.25) is 38.4 Å². The summed E-state index contributed by atoms with van der Waals surface area (Å²) in [5.41, 5.74) is 0. The second kappa shape index (κ2) is 21.4. The largest absolute Gasteiger partial charge is 0.463 e. The van der Waals surface area contributed by atoms with Crippen LogP contribution >= 0.6 is 0 Å². The number of carbonyl (C=O) groups excluding carboxylic acids is 8. The van der Waals surface area contributed by atoms with Gasteiger partial charge in [-0.2, -0.15) is 0 Å². The van der Waals surface area contributed by atoms with Gasteiger partial charge >= 0.3 is 47.8 Å². The number of hydrogen-bond donors (Lipinski definition) is 3. The standard InChI is InChI=1S/C34H48O24/c1-12(35)46-10-21-25(49-14(3)37)28(51-16(5)39)30(53-18(7)41)33(56-21)48-9-20-23(43)27(24(44)32(45)55-20)58-34-31(54-19(8)42)29(52-17(6)40)26(50-15(4)38)22(57-34)11-47-13(2)36/h20-34,43-45H,9-11H2,1-8H3/t20-,21-,22-,23-,24+,25+,26+,27+,28+,29+,30-,31-,32+,33-,34+/m1/s1. The van der Waals surface area contributed by atoms with Gasteiger partial charge in [0.2, 0.25) is 0 Å². The lowest BCUT2D eigenvalue weighted by Crippen LogP contribution is -2.66. The zero-order valence-corrected chi connectivity index (χ0v) is 32.7. The minimum Gasteiger partial charge on any atom is -0.463 e. The highest BCUT2D eigenvalue weighted by Crippen LogP contribution is 2.35. The van der Waals surface area contributed by atoms with Crippen LogP contribution in [0.1, 0.15) is 55.4 Å². The minimum absolute atomic E-state index is 0.586. The lowest BCUT2D eigenvalue weighted by atomic mass is 9.96. The van der Waals surface area contributed by atoms with E-state index in [0.717, 1.165) is 55.4 Å². The highest BCUT2D eigenvalue weighted by atomic mass is 16.8. The van der Waals surface area contributed by atoms with E-state index < -0.39 is 160 Å². The number of aliphatic hydroxyl groups excluding tert-OH is 3. The first-order valence-corrected chi connectivity index (χ1v) is 17.7. The van der Waals surface area contributed by atoms with Crippen LogP contribution in [0.4, 0.5) is 0 Å². The van der Waals surface area contributed by atoms with Gasteiger partial charge < -0.3 is 76.9 Å². The van der Waals surface area contributed by atoms with E-state index in [-0.39, 0.29) is 0 Å². The Morgan fingerprint density at radius 1 is 0.397 bits per heavy atom. The number of hydrogen-bond acceptors (Lipinski definition) is 24. The maximum absolute atomic E-state index is 12.3. The van der Waals surface area contributed by atoms with Crippen molar-refractivity contribution in [1.29, 1.82) is 0 Å². The van der Waals surface area contributed by atoms with Crippen molar-refractivity contribution < 1.29 is 115 Å². The molecule has 0 aromatic rings. The first-order chi connectivity index (χ1) is 27.1. The molecule has 58 heavy (non-hydrogen) atoms.